The second kappa shape index (κ2) is 4.21. The first-order chi connectivity index (χ1) is 7.58. The van der Waals surface area contributed by atoms with Crippen LogP contribution in [-0.2, 0) is 0 Å². The van der Waals surface area contributed by atoms with Gasteiger partial charge in [-0.05, 0) is 45.1 Å². The largest absolute Gasteiger partial charge is 0.392 e. The Morgan fingerprint density at radius 1 is 1.25 bits per heavy atom. The van der Waals surface area contributed by atoms with Crippen LogP contribution in [0.3, 0.4) is 0 Å². The Hall–Kier alpha value is -0.820. The summed E-state index contributed by atoms with van der Waals surface area (Å²) in [4.78, 5) is 0. The maximum absolute atomic E-state index is 9.09. The minimum atomic E-state index is 0.217. The SMILES string of the molecule is CC1=C(C)[C@@](C)(C2=CCC(CO)=CC2)CC1. The summed E-state index contributed by atoms with van der Waals surface area (Å²) in [6, 6.07) is 0. The zero-order valence-electron chi connectivity index (χ0n) is 10.6. The van der Waals surface area contributed by atoms with Gasteiger partial charge in [-0.3, -0.25) is 0 Å². The average molecular weight is 218 g/mol. The first-order valence-corrected chi connectivity index (χ1v) is 6.23. The Kier molecular flexibility index (Phi) is 3.07. The third-order valence-corrected chi connectivity index (χ3v) is 4.60. The molecule has 0 saturated carbocycles. The zero-order valence-corrected chi connectivity index (χ0v) is 10.6. The lowest BCUT2D eigenvalue weighted by Crippen LogP contribution is -2.19. The molecule has 2 rings (SSSR count). The third-order valence-electron chi connectivity index (χ3n) is 4.60. The molecule has 1 N–H and O–H groups in total. The highest BCUT2D eigenvalue weighted by atomic mass is 16.3. The van der Waals surface area contributed by atoms with Crippen LogP contribution in [-0.4, -0.2) is 11.7 Å². The van der Waals surface area contributed by atoms with E-state index in [0.29, 0.717) is 5.41 Å². The second-order valence-electron chi connectivity index (χ2n) is 5.40. The van der Waals surface area contributed by atoms with E-state index in [4.69, 9.17) is 5.11 Å². The van der Waals surface area contributed by atoms with Crippen LogP contribution >= 0.6 is 0 Å². The van der Waals surface area contributed by atoms with Gasteiger partial charge in [0.25, 0.3) is 0 Å². The molecule has 1 nitrogen and oxygen atoms in total. The van der Waals surface area contributed by atoms with Crippen molar-refractivity contribution in [3.05, 3.63) is 34.4 Å². The molecule has 88 valence electrons. The molecule has 0 aromatic rings. The molecule has 0 aliphatic heterocycles. The molecule has 0 fully saturated rings. The van der Waals surface area contributed by atoms with Gasteiger partial charge >= 0.3 is 0 Å². The molecular formula is C15H22O. The van der Waals surface area contributed by atoms with Crippen LogP contribution in [0.2, 0.25) is 0 Å². The number of aliphatic hydroxyl groups excluding tert-OH is 1. The first-order valence-electron chi connectivity index (χ1n) is 6.23. The van der Waals surface area contributed by atoms with Gasteiger partial charge in [-0.15, -0.1) is 0 Å². The molecule has 0 bridgehead atoms. The van der Waals surface area contributed by atoms with Crippen molar-refractivity contribution in [3.63, 3.8) is 0 Å². The number of hydrogen-bond donors (Lipinski definition) is 1. The van der Waals surface area contributed by atoms with Crippen molar-refractivity contribution in [2.75, 3.05) is 6.61 Å². The van der Waals surface area contributed by atoms with Gasteiger partial charge in [0.1, 0.15) is 0 Å². The van der Waals surface area contributed by atoms with Gasteiger partial charge in [0.05, 0.1) is 6.61 Å². The van der Waals surface area contributed by atoms with E-state index in [1.54, 1.807) is 16.7 Å². The van der Waals surface area contributed by atoms with E-state index in [1.165, 1.54) is 18.4 Å². The van der Waals surface area contributed by atoms with E-state index < -0.39 is 0 Å². The molecule has 0 unspecified atom stereocenters. The number of allylic oxidation sites excluding steroid dienone is 5. The van der Waals surface area contributed by atoms with E-state index in [0.717, 1.165) is 12.8 Å². The molecular weight excluding hydrogens is 196 g/mol. The van der Waals surface area contributed by atoms with E-state index in [9.17, 15) is 0 Å². The van der Waals surface area contributed by atoms with E-state index in [1.807, 2.05) is 0 Å². The highest BCUT2D eigenvalue weighted by molar-refractivity contribution is 5.38. The molecule has 0 spiro atoms. The van der Waals surface area contributed by atoms with Gasteiger partial charge in [-0.1, -0.05) is 35.8 Å². The van der Waals surface area contributed by atoms with Crippen molar-refractivity contribution in [1.29, 1.82) is 0 Å². The Morgan fingerprint density at radius 2 is 2.00 bits per heavy atom. The van der Waals surface area contributed by atoms with Gasteiger partial charge < -0.3 is 5.11 Å². The maximum Gasteiger partial charge on any atom is 0.0644 e. The van der Waals surface area contributed by atoms with Crippen molar-refractivity contribution < 1.29 is 5.11 Å². The monoisotopic (exact) mass is 218 g/mol. The van der Waals surface area contributed by atoms with Crippen LogP contribution in [0.1, 0.15) is 46.5 Å². The molecule has 0 amide bonds. The summed E-state index contributed by atoms with van der Waals surface area (Å²) in [7, 11) is 0. The molecule has 0 radical (unpaired) electrons. The molecule has 0 aromatic carbocycles. The third kappa shape index (κ3) is 1.78. The van der Waals surface area contributed by atoms with Crippen molar-refractivity contribution in [3.8, 4) is 0 Å². The highest BCUT2D eigenvalue weighted by Gasteiger charge is 2.35. The summed E-state index contributed by atoms with van der Waals surface area (Å²) in [6.45, 7) is 7.14. The van der Waals surface area contributed by atoms with Gasteiger partial charge in [-0.2, -0.15) is 0 Å². The molecule has 16 heavy (non-hydrogen) atoms. The normalized spacial score (nSPS) is 30.5. The number of rotatable bonds is 2. The fourth-order valence-corrected chi connectivity index (χ4v) is 2.94. The van der Waals surface area contributed by atoms with E-state index >= 15 is 0 Å². The summed E-state index contributed by atoms with van der Waals surface area (Å²) >= 11 is 0. The minimum Gasteiger partial charge on any atom is -0.392 e. The van der Waals surface area contributed by atoms with Crippen molar-refractivity contribution in [2.45, 2.75) is 46.5 Å². The predicted molar refractivity (Wildman–Crippen MR) is 68.2 cm³/mol. The van der Waals surface area contributed by atoms with Gasteiger partial charge in [0.15, 0.2) is 0 Å². The summed E-state index contributed by atoms with van der Waals surface area (Å²) in [5.74, 6) is 0. The fraction of sp³-hybridized carbons (Fsp3) is 0.600. The topological polar surface area (TPSA) is 20.2 Å². The van der Waals surface area contributed by atoms with Crippen molar-refractivity contribution >= 4 is 0 Å². The Morgan fingerprint density at radius 3 is 2.44 bits per heavy atom. The number of hydrogen-bond acceptors (Lipinski definition) is 1. The maximum atomic E-state index is 9.09. The molecule has 1 atom stereocenters. The number of aliphatic hydroxyl groups is 1. The second-order valence-corrected chi connectivity index (χ2v) is 5.40. The Balaban J connectivity index is 2.19. The summed E-state index contributed by atoms with van der Waals surface area (Å²) in [6.07, 6.45) is 9.02. The summed E-state index contributed by atoms with van der Waals surface area (Å²) in [5, 5.41) is 9.09. The fourth-order valence-electron chi connectivity index (χ4n) is 2.94. The lowest BCUT2D eigenvalue weighted by molar-refractivity contribution is 0.327. The van der Waals surface area contributed by atoms with Crippen LogP contribution in [0.5, 0.6) is 0 Å². The molecule has 2 aliphatic rings. The highest BCUT2D eigenvalue weighted by Crippen LogP contribution is 2.49. The molecule has 0 saturated heterocycles. The molecule has 1 heteroatoms. The van der Waals surface area contributed by atoms with Crippen LogP contribution in [0.4, 0.5) is 0 Å². The predicted octanol–water partition coefficient (Wildman–Crippen LogP) is 3.76. The Labute approximate surface area is 98.6 Å². The van der Waals surface area contributed by atoms with Crippen LogP contribution in [0.25, 0.3) is 0 Å². The van der Waals surface area contributed by atoms with Crippen molar-refractivity contribution in [2.24, 2.45) is 5.41 Å². The molecule has 2 aliphatic carbocycles. The van der Waals surface area contributed by atoms with Crippen LogP contribution in [0, 0.1) is 5.41 Å². The van der Waals surface area contributed by atoms with E-state index in [-0.39, 0.29) is 6.61 Å². The standard InChI is InChI=1S/C15H22O/c1-11-8-9-15(3,12(11)2)14-6-4-13(10-16)5-7-14/h4,7,16H,5-6,8-10H2,1-3H3/t15-/m0/s1. The quantitative estimate of drug-likeness (QED) is 0.700. The van der Waals surface area contributed by atoms with Crippen LogP contribution in [0.15, 0.2) is 34.4 Å². The average Bonchev–Trinajstić information content (AvgIpc) is 2.59. The van der Waals surface area contributed by atoms with Gasteiger partial charge in [0.2, 0.25) is 0 Å². The molecule has 0 heterocycles. The van der Waals surface area contributed by atoms with Crippen molar-refractivity contribution in [1.82, 2.24) is 0 Å². The minimum absolute atomic E-state index is 0.217. The Bertz CT molecular complexity index is 384. The van der Waals surface area contributed by atoms with E-state index in [2.05, 4.69) is 32.9 Å². The van der Waals surface area contributed by atoms with Gasteiger partial charge in [0, 0.05) is 5.41 Å². The zero-order chi connectivity index (χ0) is 11.8. The van der Waals surface area contributed by atoms with Gasteiger partial charge in [-0.25, -0.2) is 0 Å². The van der Waals surface area contributed by atoms with Crippen LogP contribution < -0.4 is 0 Å². The lowest BCUT2D eigenvalue weighted by atomic mass is 9.73. The lowest BCUT2D eigenvalue weighted by Gasteiger charge is -2.31. The summed E-state index contributed by atoms with van der Waals surface area (Å²) < 4.78 is 0. The molecule has 0 aromatic heterocycles. The smallest absolute Gasteiger partial charge is 0.0644 e. The first kappa shape index (κ1) is 11.7. The summed E-state index contributed by atoms with van der Waals surface area (Å²) in [5.41, 5.74) is 6.16.